The number of rotatable bonds is 7. The van der Waals surface area contributed by atoms with Gasteiger partial charge in [-0.2, -0.15) is 0 Å². The third kappa shape index (κ3) is 4.56. The molecule has 31 heavy (non-hydrogen) atoms. The van der Waals surface area contributed by atoms with Crippen LogP contribution in [-0.4, -0.2) is 11.8 Å². The number of ether oxygens (including phenoxy) is 1. The molecule has 3 aromatic carbocycles. The number of carbonyl (C=O) groups excluding carboxylic acids is 2. The number of amides is 2. The standard InChI is InChI=1S/C26H22FNO3/c1-2-3-18-6-13-24(23(27)16-18)31-17-19-4-7-20(8-5-19)21-9-11-22(12-10-21)28-25(29)14-15-26(28)30/h4-16H,2-3,17H2,1H3. The first-order valence-corrected chi connectivity index (χ1v) is 10.2. The second-order valence-electron chi connectivity index (χ2n) is 7.39. The van der Waals surface area contributed by atoms with Gasteiger partial charge in [-0.3, -0.25) is 9.59 Å². The number of hydrogen-bond acceptors (Lipinski definition) is 3. The van der Waals surface area contributed by atoms with Crippen molar-refractivity contribution in [2.45, 2.75) is 26.4 Å². The van der Waals surface area contributed by atoms with Crippen LogP contribution < -0.4 is 9.64 Å². The molecule has 0 saturated carbocycles. The van der Waals surface area contributed by atoms with Crippen LogP contribution >= 0.6 is 0 Å². The van der Waals surface area contributed by atoms with Crippen LogP contribution in [0.3, 0.4) is 0 Å². The Bertz CT molecular complexity index is 1120. The summed E-state index contributed by atoms with van der Waals surface area (Å²) in [6.07, 6.45) is 4.35. The van der Waals surface area contributed by atoms with Crippen LogP contribution in [0.25, 0.3) is 11.1 Å². The fraction of sp³-hybridized carbons (Fsp3) is 0.154. The van der Waals surface area contributed by atoms with Gasteiger partial charge in [-0.05, 0) is 52.9 Å². The second kappa shape index (κ2) is 8.96. The lowest BCUT2D eigenvalue weighted by Crippen LogP contribution is -2.29. The van der Waals surface area contributed by atoms with Crippen LogP contribution in [0.1, 0.15) is 24.5 Å². The Morgan fingerprint density at radius 3 is 1.97 bits per heavy atom. The van der Waals surface area contributed by atoms with Crippen molar-refractivity contribution in [1.29, 1.82) is 0 Å². The highest BCUT2D eigenvalue weighted by Gasteiger charge is 2.24. The van der Waals surface area contributed by atoms with E-state index >= 15 is 0 Å². The van der Waals surface area contributed by atoms with E-state index in [4.69, 9.17) is 4.74 Å². The molecule has 0 atom stereocenters. The number of nitrogens with zero attached hydrogens (tertiary/aromatic N) is 1. The third-order valence-corrected chi connectivity index (χ3v) is 5.15. The molecular formula is C26H22FNO3. The van der Waals surface area contributed by atoms with Crippen molar-refractivity contribution in [2.24, 2.45) is 0 Å². The van der Waals surface area contributed by atoms with Crippen molar-refractivity contribution in [3.8, 4) is 16.9 Å². The summed E-state index contributed by atoms with van der Waals surface area (Å²) in [6.45, 7) is 2.34. The molecule has 5 heteroatoms. The zero-order valence-electron chi connectivity index (χ0n) is 17.2. The van der Waals surface area contributed by atoms with Gasteiger partial charge in [0, 0.05) is 12.2 Å². The smallest absolute Gasteiger partial charge is 0.258 e. The Hall–Kier alpha value is -3.73. The number of imide groups is 1. The van der Waals surface area contributed by atoms with E-state index in [0.29, 0.717) is 5.69 Å². The predicted molar refractivity (Wildman–Crippen MR) is 118 cm³/mol. The van der Waals surface area contributed by atoms with Gasteiger partial charge < -0.3 is 4.74 Å². The van der Waals surface area contributed by atoms with E-state index in [1.807, 2.05) is 42.5 Å². The highest BCUT2D eigenvalue weighted by molar-refractivity contribution is 6.28. The van der Waals surface area contributed by atoms with Crippen LogP contribution in [0.5, 0.6) is 5.75 Å². The Balaban J connectivity index is 1.40. The minimum atomic E-state index is -0.340. The molecule has 0 bridgehead atoms. The van der Waals surface area contributed by atoms with Crippen LogP contribution in [0.15, 0.2) is 78.9 Å². The zero-order valence-corrected chi connectivity index (χ0v) is 17.2. The van der Waals surface area contributed by atoms with Crippen molar-refractivity contribution in [3.63, 3.8) is 0 Å². The Morgan fingerprint density at radius 1 is 0.806 bits per heavy atom. The maximum Gasteiger partial charge on any atom is 0.258 e. The fourth-order valence-corrected chi connectivity index (χ4v) is 3.52. The first-order valence-electron chi connectivity index (χ1n) is 10.2. The van der Waals surface area contributed by atoms with E-state index in [1.165, 1.54) is 18.2 Å². The summed E-state index contributed by atoms with van der Waals surface area (Å²) < 4.78 is 19.8. The van der Waals surface area contributed by atoms with E-state index in [2.05, 4.69) is 6.92 Å². The van der Waals surface area contributed by atoms with E-state index in [9.17, 15) is 14.0 Å². The van der Waals surface area contributed by atoms with Gasteiger partial charge >= 0.3 is 0 Å². The molecule has 4 nitrogen and oxygen atoms in total. The zero-order chi connectivity index (χ0) is 21.8. The molecule has 1 heterocycles. The first-order chi connectivity index (χ1) is 15.0. The van der Waals surface area contributed by atoms with E-state index in [-0.39, 0.29) is 30.0 Å². The molecule has 156 valence electrons. The van der Waals surface area contributed by atoms with Crippen molar-refractivity contribution in [3.05, 3.63) is 95.8 Å². The van der Waals surface area contributed by atoms with E-state index in [1.54, 1.807) is 18.2 Å². The molecule has 0 saturated heterocycles. The van der Waals surface area contributed by atoms with Crippen molar-refractivity contribution >= 4 is 17.5 Å². The summed E-state index contributed by atoms with van der Waals surface area (Å²) in [6, 6.07) is 20.1. The number of halogens is 1. The molecule has 0 aromatic heterocycles. The van der Waals surface area contributed by atoms with Crippen LogP contribution in [0, 0.1) is 5.82 Å². The molecule has 0 spiro atoms. The van der Waals surface area contributed by atoms with Gasteiger partial charge in [0.25, 0.3) is 11.8 Å². The number of aryl methyl sites for hydroxylation is 1. The van der Waals surface area contributed by atoms with Gasteiger partial charge in [0.1, 0.15) is 6.61 Å². The van der Waals surface area contributed by atoms with Gasteiger partial charge in [0.15, 0.2) is 11.6 Å². The van der Waals surface area contributed by atoms with Gasteiger partial charge in [-0.15, -0.1) is 0 Å². The highest BCUT2D eigenvalue weighted by Crippen LogP contribution is 2.26. The molecule has 0 N–H and O–H groups in total. The second-order valence-corrected chi connectivity index (χ2v) is 7.39. The summed E-state index contributed by atoms with van der Waals surface area (Å²) in [7, 11) is 0. The molecule has 4 rings (SSSR count). The molecule has 3 aromatic rings. The number of benzene rings is 3. The molecule has 0 radical (unpaired) electrons. The van der Waals surface area contributed by atoms with Crippen molar-refractivity contribution < 1.29 is 18.7 Å². The lowest BCUT2D eigenvalue weighted by molar-refractivity contribution is -0.119. The molecule has 2 amide bonds. The summed E-state index contributed by atoms with van der Waals surface area (Å²) >= 11 is 0. The fourth-order valence-electron chi connectivity index (χ4n) is 3.52. The van der Waals surface area contributed by atoms with Gasteiger partial charge in [0.2, 0.25) is 0 Å². The maximum atomic E-state index is 14.2. The Kier molecular flexibility index (Phi) is 5.94. The summed E-state index contributed by atoms with van der Waals surface area (Å²) in [4.78, 5) is 24.7. The largest absolute Gasteiger partial charge is 0.486 e. The van der Waals surface area contributed by atoms with Crippen molar-refractivity contribution in [1.82, 2.24) is 0 Å². The molecular weight excluding hydrogens is 393 g/mol. The Morgan fingerprint density at radius 2 is 1.39 bits per heavy atom. The summed E-state index contributed by atoms with van der Waals surface area (Å²) in [5.41, 5.74) is 4.39. The molecule has 1 aliphatic rings. The number of hydrogen-bond donors (Lipinski definition) is 0. The minimum absolute atomic E-state index is 0.250. The normalized spacial score (nSPS) is 13.2. The van der Waals surface area contributed by atoms with Crippen molar-refractivity contribution in [2.75, 3.05) is 4.90 Å². The Labute approximate surface area is 180 Å². The highest BCUT2D eigenvalue weighted by atomic mass is 19.1. The first kappa shape index (κ1) is 20.5. The molecule has 1 aliphatic heterocycles. The lowest BCUT2D eigenvalue weighted by Gasteiger charge is -2.14. The van der Waals surface area contributed by atoms with Crippen LogP contribution in [0.4, 0.5) is 10.1 Å². The van der Waals surface area contributed by atoms with Gasteiger partial charge in [-0.25, -0.2) is 9.29 Å². The number of carbonyl (C=O) groups is 2. The van der Waals surface area contributed by atoms with Gasteiger partial charge in [0.05, 0.1) is 5.69 Å². The number of anilines is 1. The van der Waals surface area contributed by atoms with Gasteiger partial charge in [-0.1, -0.05) is 55.8 Å². The lowest BCUT2D eigenvalue weighted by atomic mass is 10.0. The summed E-state index contributed by atoms with van der Waals surface area (Å²) in [5.74, 6) is -0.759. The predicted octanol–water partition coefficient (Wildman–Crippen LogP) is 5.45. The molecule has 0 unspecified atom stereocenters. The maximum absolute atomic E-state index is 14.2. The SMILES string of the molecule is CCCc1ccc(OCc2ccc(-c3ccc(N4C(=O)C=CC4=O)cc3)cc2)c(F)c1. The molecule has 0 aliphatic carbocycles. The monoisotopic (exact) mass is 415 g/mol. The average Bonchev–Trinajstić information content (AvgIpc) is 3.12. The van der Waals surface area contributed by atoms with Crippen LogP contribution in [-0.2, 0) is 22.6 Å². The average molecular weight is 415 g/mol. The third-order valence-electron chi connectivity index (χ3n) is 5.15. The topological polar surface area (TPSA) is 46.6 Å². The van der Waals surface area contributed by atoms with E-state index in [0.717, 1.165) is 40.0 Å². The molecule has 0 fully saturated rings. The van der Waals surface area contributed by atoms with E-state index < -0.39 is 0 Å². The summed E-state index contributed by atoms with van der Waals surface area (Å²) in [5, 5.41) is 0. The quantitative estimate of drug-likeness (QED) is 0.482. The minimum Gasteiger partial charge on any atom is -0.486 e. The van der Waals surface area contributed by atoms with Crippen LogP contribution in [0.2, 0.25) is 0 Å².